The van der Waals surface area contributed by atoms with Crippen LogP contribution >= 0.6 is 12.2 Å². The number of aromatic nitrogens is 2. The Morgan fingerprint density at radius 2 is 1.63 bits per heavy atom. The molecule has 6 nitrogen and oxygen atoms in total. The molecular formula is C31H34N4O2S. The number of methoxy groups -OCH3 is 2. The minimum atomic E-state index is -0.148. The first kappa shape index (κ1) is 25.8. The van der Waals surface area contributed by atoms with Gasteiger partial charge in [0, 0.05) is 23.7 Å². The second kappa shape index (κ2) is 10.1. The van der Waals surface area contributed by atoms with E-state index in [0.717, 1.165) is 17.1 Å². The summed E-state index contributed by atoms with van der Waals surface area (Å²) in [6.45, 7) is 10.9. The van der Waals surface area contributed by atoms with Crippen LogP contribution in [0, 0.1) is 34.6 Å². The average Bonchev–Trinajstić information content (AvgIpc) is 3.39. The van der Waals surface area contributed by atoms with Gasteiger partial charge in [0.05, 0.1) is 43.4 Å². The van der Waals surface area contributed by atoms with E-state index in [9.17, 15) is 0 Å². The molecule has 0 radical (unpaired) electrons. The van der Waals surface area contributed by atoms with Gasteiger partial charge in [-0.1, -0.05) is 23.8 Å². The topological polar surface area (TPSA) is 51.5 Å². The van der Waals surface area contributed by atoms with Crippen molar-refractivity contribution in [2.24, 2.45) is 0 Å². The molecule has 3 heterocycles. The van der Waals surface area contributed by atoms with Crippen LogP contribution in [0.4, 0.5) is 5.69 Å². The largest absolute Gasteiger partial charge is 0.497 e. The fourth-order valence-electron chi connectivity index (χ4n) is 5.87. The number of ether oxygens (including phenoxy) is 2. The minimum Gasteiger partial charge on any atom is -0.497 e. The molecule has 1 aliphatic rings. The van der Waals surface area contributed by atoms with Gasteiger partial charge in [0.15, 0.2) is 5.11 Å². The Balaban J connectivity index is 1.73. The summed E-state index contributed by atoms with van der Waals surface area (Å²) in [5.41, 5.74) is 10.3. The van der Waals surface area contributed by atoms with Crippen molar-refractivity contribution in [2.75, 3.05) is 19.1 Å². The third-order valence-corrected chi connectivity index (χ3v) is 7.71. The number of thiocarbonyl (C=S) groups is 1. The fraction of sp³-hybridized carbons (Fsp3) is 0.290. The van der Waals surface area contributed by atoms with Gasteiger partial charge in [0.2, 0.25) is 0 Å². The fourth-order valence-corrected chi connectivity index (χ4v) is 6.21. The van der Waals surface area contributed by atoms with Gasteiger partial charge >= 0.3 is 0 Å². The molecule has 0 aliphatic carbocycles. The highest BCUT2D eigenvalue weighted by Crippen LogP contribution is 2.47. The highest BCUT2D eigenvalue weighted by Gasteiger charge is 2.43. The van der Waals surface area contributed by atoms with Crippen LogP contribution in [0.3, 0.4) is 0 Å². The quantitative estimate of drug-likeness (QED) is 0.285. The number of rotatable bonds is 6. The molecule has 7 heteroatoms. The maximum atomic E-state index is 5.97. The smallest absolute Gasteiger partial charge is 0.174 e. The second-order valence-electron chi connectivity index (χ2n) is 9.94. The van der Waals surface area contributed by atoms with Crippen molar-refractivity contribution in [1.29, 1.82) is 0 Å². The third-order valence-electron chi connectivity index (χ3n) is 7.39. The Morgan fingerprint density at radius 1 is 0.895 bits per heavy atom. The van der Waals surface area contributed by atoms with E-state index in [4.69, 9.17) is 26.7 Å². The van der Waals surface area contributed by atoms with Crippen molar-refractivity contribution in [3.05, 3.63) is 100 Å². The van der Waals surface area contributed by atoms with Crippen LogP contribution in [0.15, 0.2) is 60.8 Å². The van der Waals surface area contributed by atoms with E-state index in [1.807, 2.05) is 36.5 Å². The van der Waals surface area contributed by atoms with Crippen LogP contribution in [-0.4, -0.2) is 28.9 Å². The molecular weight excluding hydrogens is 492 g/mol. The van der Waals surface area contributed by atoms with Crippen molar-refractivity contribution in [3.63, 3.8) is 0 Å². The van der Waals surface area contributed by atoms with E-state index < -0.39 is 0 Å². The number of hydrogen-bond donors (Lipinski definition) is 1. The maximum Gasteiger partial charge on any atom is 0.174 e. The molecule has 0 unspecified atom stereocenters. The molecule has 1 saturated heterocycles. The summed E-state index contributed by atoms with van der Waals surface area (Å²) < 4.78 is 13.7. The van der Waals surface area contributed by atoms with Crippen LogP contribution < -0.4 is 19.7 Å². The molecule has 1 fully saturated rings. The van der Waals surface area contributed by atoms with E-state index in [0.29, 0.717) is 10.9 Å². The predicted molar refractivity (Wildman–Crippen MR) is 157 cm³/mol. The van der Waals surface area contributed by atoms with E-state index in [1.54, 1.807) is 14.2 Å². The third kappa shape index (κ3) is 4.31. The molecule has 2 aromatic carbocycles. The molecule has 0 spiro atoms. The molecule has 1 aliphatic heterocycles. The highest BCUT2D eigenvalue weighted by molar-refractivity contribution is 7.80. The van der Waals surface area contributed by atoms with Gasteiger partial charge in [-0.25, -0.2) is 0 Å². The lowest BCUT2D eigenvalue weighted by Crippen LogP contribution is -2.30. The van der Waals surface area contributed by atoms with Gasteiger partial charge in [-0.3, -0.25) is 4.98 Å². The van der Waals surface area contributed by atoms with E-state index in [2.05, 4.69) is 73.7 Å². The molecule has 1 N–H and O–H groups in total. The van der Waals surface area contributed by atoms with Crippen LogP contribution in [0.5, 0.6) is 11.5 Å². The summed E-state index contributed by atoms with van der Waals surface area (Å²) in [4.78, 5) is 6.88. The van der Waals surface area contributed by atoms with E-state index >= 15 is 0 Å². The highest BCUT2D eigenvalue weighted by atomic mass is 32.1. The van der Waals surface area contributed by atoms with Crippen molar-refractivity contribution < 1.29 is 9.47 Å². The summed E-state index contributed by atoms with van der Waals surface area (Å²) in [7, 11) is 3.32. The molecule has 0 amide bonds. The number of benzene rings is 2. The Bertz CT molecular complexity index is 1490. The summed E-state index contributed by atoms with van der Waals surface area (Å²) in [5.74, 6) is 1.42. The van der Waals surface area contributed by atoms with Gasteiger partial charge in [0.25, 0.3) is 0 Å². The normalized spacial score (nSPS) is 17.0. The molecule has 0 saturated carbocycles. The van der Waals surface area contributed by atoms with Gasteiger partial charge in [-0.2, -0.15) is 0 Å². The Morgan fingerprint density at radius 3 is 2.26 bits per heavy atom. The van der Waals surface area contributed by atoms with Crippen molar-refractivity contribution in [2.45, 2.75) is 46.7 Å². The predicted octanol–water partition coefficient (Wildman–Crippen LogP) is 6.61. The number of pyridine rings is 1. The summed E-state index contributed by atoms with van der Waals surface area (Å²) in [6.07, 6.45) is 1.83. The SMILES string of the molecule is COc1ccc(N2C(=S)N[C@H](c3ccccn3)[C@H]2c2cc(C)n(-c3c(C)cc(C)cc3C)c2C)c(OC)c1. The van der Waals surface area contributed by atoms with Crippen LogP contribution in [-0.2, 0) is 0 Å². The zero-order valence-corrected chi connectivity index (χ0v) is 23.8. The van der Waals surface area contributed by atoms with Gasteiger partial charge in [-0.15, -0.1) is 0 Å². The molecule has 196 valence electrons. The lowest BCUT2D eigenvalue weighted by molar-refractivity contribution is 0.394. The Hall–Kier alpha value is -3.84. The van der Waals surface area contributed by atoms with E-state index in [-0.39, 0.29) is 12.1 Å². The Labute approximate surface area is 230 Å². The maximum absolute atomic E-state index is 5.97. The molecule has 2 atom stereocenters. The van der Waals surface area contributed by atoms with Crippen molar-refractivity contribution in [3.8, 4) is 17.2 Å². The zero-order chi connectivity index (χ0) is 27.1. The van der Waals surface area contributed by atoms with Crippen LogP contribution in [0.1, 0.15) is 51.4 Å². The van der Waals surface area contributed by atoms with Gasteiger partial charge in [0.1, 0.15) is 11.5 Å². The summed E-state index contributed by atoms with van der Waals surface area (Å²) in [5, 5.41) is 4.20. The monoisotopic (exact) mass is 526 g/mol. The van der Waals surface area contributed by atoms with Crippen LogP contribution in [0.25, 0.3) is 5.69 Å². The molecule has 2 aromatic heterocycles. The molecule has 4 aromatic rings. The molecule has 5 rings (SSSR count). The molecule has 38 heavy (non-hydrogen) atoms. The standard InChI is InChI=1S/C31H34N4O2S/c1-18-14-19(2)29(20(3)15-18)34-21(4)16-24(22(34)5)30-28(25-10-8-9-13-32-25)33-31(38)35(30)26-12-11-23(36-6)17-27(26)37-7/h8-17,28,30H,1-7H3,(H,33,38)/t28-,30-/m1/s1. The van der Waals surface area contributed by atoms with E-state index in [1.165, 1.54) is 39.3 Å². The minimum absolute atomic E-state index is 0.147. The second-order valence-corrected chi connectivity index (χ2v) is 10.3. The van der Waals surface area contributed by atoms with Gasteiger partial charge < -0.3 is 24.3 Å². The lowest BCUT2D eigenvalue weighted by atomic mass is 9.96. The summed E-state index contributed by atoms with van der Waals surface area (Å²) in [6, 6.07) is 18.3. The van der Waals surface area contributed by atoms with Crippen molar-refractivity contribution in [1.82, 2.24) is 14.9 Å². The number of nitrogens with zero attached hydrogens (tertiary/aromatic N) is 3. The number of aryl methyl sites for hydroxylation is 4. The first-order valence-electron chi connectivity index (χ1n) is 12.7. The zero-order valence-electron chi connectivity index (χ0n) is 23.0. The number of nitrogens with one attached hydrogen (secondary N) is 1. The lowest BCUT2D eigenvalue weighted by Gasteiger charge is -2.29. The average molecular weight is 527 g/mol. The first-order chi connectivity index (χ1) is 18.2. The van der Waals surface area contributed by atoms with Crippen LogP contribution in [0.2, 0.25) is 0 Å². The van der Waals surface area contributed by atoms with Crippen molar-refractivity contribution >= 4 is 23.0 Å². The Kier molecular flexibility index (Phi) is 6.88. The summed E-state index contributed by atoms with van der Waals surface area (Å²) >= 11 is 5.97. The first-order valence-corrected chi connectivity index (χ1v) is 13.2. The number of hydrogen-bond acceptors (Lipinski definition) is 4. The molecule has 0 bridgehead atoms. The number of anilines is 1. The van der Waals surface area contributed by atoms with Gasteiger partial charge in [-0.05, 0) is 93.9 Å².